The fourth-order valence-corrected chi connectivity index (χ4v) is 7.39. The van der Waals surface area contributed by atoms with Crippen LogP contribution < -0.4 is 16.6 Å². The molecule has 2 aliphatic carbocycles. The number of hydrogen-bond donors (Lipinski definition) is 2. The van der Waals surface area contributed by atoms with E-state index in [2.05, 4.69) is 15.2 Å². The van der Waals surface area contributed by atoms with Gasteiger partial charge in [-0.05, 0) is 75.1 Å². The van der Waals surface area contributed by atoms with Crippen molar-refractivity contribution in [1.29, 1.82) is 0 Å². The van der Waals surface area contributed by atoms with Gasteiger partial charge in [0.05, 0.1) is 0 Å². The van der Waals surface area contributed by atoms with Crippen molar-refractivity contribution in [3.8, 4) is 11.4 Å². The molecule has 0 radical (unpaired) electrons. The quantitative estimate of drug-likeness (QED) is 0.306. The molecule has 3 aliphatic rings. The zero-order chi connectivity index (χ0) is 30.3. The summed E-state index contributed by atoms with van der Waals surface area (Å²) >= 11 is 0. The summed E-state index contributed by atoms with van der Waals surface area (Å²) < 4.78 is 3.26. The second-order valence-electron chi connectivity index (χ2n) is 13.2. The molecule has 6 rings (SSSR count). The monoisotopic (exact) mass is 600 g/mol. The molecule has 2 N–H and O–H groups in total. The molecule has 9 heteroatoms. The van der Waals surface area contributed by atoms with Crippen LogP contribution in [0.4, 0.5) is 0 Å². The molecule has 2 aromatic heterocycles. The number of rotatable bonds is 10. The fraction of sp³-hybridized carbons (Fsp3) is 0.600. The molecule has 1 saturated heterocycles. The summed E-state index contributed by atoms with van der Waals surface area (Å²) in [6, 6.07) is 7.76. The lowest BCUT2D eigenvalue weighted by molar-refractivity contribution is -0.116. The molecular weight excluding hydrogens is 552 g/mol. The number of carbonyl (C=O) groups excluding carboxylic acids is 1. The molecule has 3 heterocycles. The molecule has 3 fully saturated rings. The van der Waals surface area contributed by atoms with Crippen molar-refractivity contribution in [1.82, 2.24) is 29.3 Å². The van der Waals surface area contributed by atoms with Crippen molar-refractivity contribution in [3.63, 3.8) is 0 Å². The molecule has 3 aromatic rings. The number of aromatic nitrogens is 4. The Morgan fingerprint density at radius 3 is 2.11 bits per heavy atom. The van der Waals surface area contributed by atoms with Crippen LogP contribution in [0.15, 0.2) is 39.9 Å². The molecule has 0 unspecified atom stereocenters. The van der Waals surface area contributed by atoms with Gasteiger partial charge < -0.3 is 15.2 Å². The normalized spacial score (nSPS) is 19.2. The van der Waals surface area contributed by atoms with Crippen LogP contribution in [0.5, 0.6) is 0 Å². The van der Waals surface area contributed by atoms with Crippen LogP contribution in [0.25, 0.3) is 28.6 Å². The Labute approximate surface area is 259 Å². The van der Waals surface area contributed by atoms with Crippen molar-refractivity contribution in [2.24, 2.45) is 11.8 Å². The van der Waals surface area contributed by atoms with Crippen LogP contribution in [0.2, 0.25) is 0 Å². The average Bonchev–Trinajstić information content (AvgIpc) is 3.52. The standard InChI is InChI=1S/C35H48N6O3/c42-30(36-20-23-39-21-8-3-9-22-39)19-16-26-14-17-29(18-15-26)32-37-31-33(38-32)40(24-27-10-4-1-5-11-27)35(44)41(34(31)43)25-28-12-6-2-7-13-28/h14-19,27-28H,1-13,20-25H2,(H,36,42)(H,37,38)/b19-16+. The molecule has 2 saturated carbocycles. The van der Waals surface area contributed by atoms with E-state index in [9.17, 15) is 14.4 Å². The molecule has 9 nitrogen and oxygen atoms in total. The third kappa shape index (κ3) is 7.42. The van der Waals surface area contributed by atoms with Gasteiger partial charge in [-0.15, -0.1) is 0 Å². The third-order valence-electron chi connectivity index (χ3n) is 9.98. The van der Waals surface area contributed by atoms with E-state index in [1.165, 1.54) is 62.4 Å². The van der Waals surface area contributed by atoms with Gasteiger partial charge >= 0.3 is 5.69 Å². The Balaban J connectivity index is 1.20. The molecule has 0 spiro atoms. The van der Waals surface area contributed by atoms with Gasteiger partial charge in [0.25, 0.3) is 5.56 Å². The van der Waals surface area contributed by atoms with Gasteiger partial charge in [0.15, 0.2) is 5.65 Å². The lowest BCUT2D eigenvalue weighted by atomic mass is 9.89. The number of nitrogens with zero attached hydrogens (tertiary/aromatic N) is 4. The minimum atomic E-state index is -0.264. The number of hydrogen-bond acceptors (Lipinski definition) is 5. The van der Waals surface area contributed by atoms with Gasteiger partial charge in [-0.3, -0.25) is 18.7 Å². The zero-order valence-electron chi connectivity index (χ0n) is 26.1. The van der Waals surface area contributed by atoms with Crippen LogP contribution in [0, 0.1) is 11.8 Å². The van der Waals surface area contributed by atoms with Crippen molar-refractivity contribution in [2.45, 2.75) is 96.6 Å². The number of fused-ring (bicyclic) bond motifs is 1. The number of amides is 1. The first-order valence-electron chi connectivity index (χ1n) is 17.1. The number of piperidine rings is 1. The molecule has 1 aliphatic heterocycles. The highest BCUT2D eigenvalue weighted by Gasteiger charge is 2.24. The van der Waals surface area contributed by atoms with Crippen molar-refractivity contribution in [2.75, 3.05) is 26.2 Å². The van der Waals surface area contributed by atoms with Crippen LogP contribution in [-0.2, 0) is 17.9 Å². The average molecular weight is 601 g/mol. The SMILES string of the molecule is O=C(/C=C/c1ccc(-c2nc3c([nH]2)c(=O)n(CC2CCCCC2)c(=O)n3CC2CCCCC2)cc1)NCCN1CCCCC1. The maximum Gasteiger partial charge on any atom is 0.332 e. The molecule has 1 aromatic carbocycles. The smallest absolute Gasteiger partial charge is 0.332 e. The summed E-state index contributed by atoms with van der Waals surface area (Å²) in [5, 5.41) is 2.98. The molecule has 1 amide bonds. The van der Waals surface area contributed by atoms with Crippen LogP contribution >= 0.6 is 0 Å². The van der Waals surface area contributed by atoms with Gasteiger partial charge in [-0.2, -0.15) is 0 Å². The maximum atomic E-state index is 13.8. The van der Waals surface area contributed by atoms with E-state index in [0.29, 0.717) is 48.5 Å². The van der Waals surface area contributed by atoms with E-state index in [1.807, 2.05) is 30.3 Å². The third-order valence-corrected chi connectivity index (χ3v) is 9.98. The second kappa shape index (κ2) is 14.5. The predicted molar refractivity (Wildman–Crippen MR) is 176 cm³/mol. The highest BCUT2D eigenvalue weighted by Crippen LogP contribution is 2.27. The minimum absolute atomic E-state index is 0.0937. The summed E-state index contributed by atoms with van der Waals surface area (Å²) in [5.41, 5.74) is 2.13. The zero-order valence-corrected chi connectivity index (χ0v) is 26.1. The summed E-state index contributed by atoms with van der Waals surface area (Å²) in [4.78, 5) is 50.4. The van der Waals surface area contributed by atoms with Crippen LogP contribution in [-0.4, -0.2) is 56.1 Å². The highest BCUT2D eigenvalue weighted by atomic mass is 16.2. The van der Waals surface area contributed by atoms with E-state index >= 15 is 0 Å². The van der Waals surface area contributed by atoms with Crippen LogP contribution in [0.3, 0.4) is 0 Å². The number of likely N-dealkylation sites (tertiary alicyclic amines) is 1. The Bertz CT molecular complexity index is 1550. The molecular formula is C35H48N6O3. The molecule has 0 atom stereocenters. The molecule has 0 bridgehead atoms. The topological polar surface area (TPSA) is 105 Å². The van der Waals surface area contributed by atoms with E-state index < -0.39 is 0 Å². The van der Waals surface area contributed by atoms with Crippen molar-refractivity contribution >= 4 is 23.1 Å². The number of nitrogens with one attached hydrogen (secondary N) is 2. The Kier molecular flexibility index (Phi) is 10.1. The summed E-state index contributed by atoms with van der Waals surface area (Å²) in [7, 11) is 0. The van der Waals surface area contributed by atoms with Crippen molar-refractivity contribution in [3.05, 3.63) is 56.7 Å². The number of aromatic amines is 1. The van der Waals surface area contributed by atoms with E-state index in [0.717, 1.165) is 56.4 Å². The molecule has 44 heavy (non-hydrogen) atoms. The van der Waals surface area contributed by atoms with Gasteiger partial charge in [-0.1, -0.05) is 69.2 Å². The van der Waals surface area contributed by atoms with Crippen LogP contribution in [0.1, 0.15) is 89.0 Å². The number of imidazole rings is 1. The van der Waals surface area contributed by atoms with Gasteiger partial charge in [-0.25, -0.2) is 9.78 Å². The number of benzene rings is 1. The summed E-state index contributed by atoms with van der Waals surface area (Å²) in [6.45, 7) is 4.89. The van der Waals surface area contributed by atoms with Gasteiger partial charge in [0.1, 0.15) is 11.3 Å². The van der Waals surface area contributed by atoms with E-state index in [-0.39, 0.29) is 17.2 Å². The first-order chi connectivity index (χ1) is 21.5. The summed E-state index contributed by atoms with van der Waals surface area (Å²) in [5.74, 6) is 1.28. The van der Waals surface area contributed by atoms with Gasteiger partial charge in [0.2, 0.25) is 5.91 Å². The maximum absolute atomic E-state index is 13.8. The Hall–Kier alpha value is -3.46. The first kappa shape index (κ1) is 30.6. The predicted octanol–water partition coefficient (Wildman–Crippen LogP) is 5.33. The Morgan fingerprint density at radius 2 is 1.45 bits per heavy atom. The van der Waals surface area contributed by atoms with Crippen molar-refractivity contribution < 1.29 is 4.79 Å². The van der Waals surface area contributed by atoms with Gasteiger partial charge in [0, 0.05) is 37.8 Å². The highest BCUT2D eigenvalue weighted by molar-refractivity contribution is 5.91. The lowest BCUT2D eigenvalue weighted by Crippen LogP contribution is -2.42. The largest absolute Gasteiger partial charge is 0.351 e. The second-order valence-corrected chi connectivity index (χ2v) is 13.2. The van der Waals surface area contributed by atoms with E-state index in [4.69, 9.17) is 4.98 Å². The Morgan fingerprint density at radius 1 is 0.841 bits per heavy atom. The molecule has 236 valence electrons. The fourth-order valence-electron chi connectivity index (χ4n) is 7.39. The van der Waals surface area contributed by atoms with E-state index in [1.54, 1.807) is 10.6 Å². The first-order valence-corrected chi connectivity index (χ1v) is 17.1. The lowest BCUT2D eigenvalue weighted by Gasteiger charge is -2.26. The summed E-state index contributed by atoms with van der Waals surface area (Å²) in [6.07, 6.45) is 18.8. The minimum Gasteiger partial charge on any atom is -0.351 e. The number of carbonyl (C=O) groups is 1. The number of H-pyrrole nitrogens is 1.